The van der Waals surface area contributed by atoms with Crippen LogP contribution in [0.2, 0.25) is 0 Å². The molecule has 3 aromatic carbocycles. The number of rotatable bonds is 4. The van der Waals surface area contributed by atoms with Gasteiger partial charge in [-0.2, -0.15) is 0 Å². The summed E-state index contributed by atoms with van der Waals surface area (Å²) < 4.78 is 0. The second-order valence-electron chi connectivity index (χ2n) is 6.99. The minimum Gasteiger partial charge on any atom is -0.364 e. The normalized spacial score (nSPS) is 16.2. The first-order chi connectivity index (χ1) is 12.7. The van der Waals surface area contributed by atoms with Gasteiger partial charge in [0.05, 0.1) is 6.04 Å². The molecule has 0 aromatic heterocycles. The van der Waals surface area contributed by atoms with Gasteiger partial charge in [0.15, 0.2) is 5.78 Å². The van der Waals surface area contributed by atoms with Crippen molar-refractivity contribution in [1.82, 2.24) is 0 Å². The number of hydrogen-bond donors (Lipinski definition) is 0. The Morgan fingerprint density at radius 1 is 0.923 bits per heavy atom. The highest BCUT2D eigenvalue weighted by atomic mass is 16.1. The van der Waals surface area contributed by atoms with Crippen molar-refractivity contribution in [3.63, 3.8) is 0 Å². The van der Waals surface area contributed by atoms with Gasteiger partial charge in [-0.3, -0.25) is 4.79 Å². The highest BCUT2D eigenvalue weighted by Crippen LogP contribution is 2.36. The molecule has 2 nitrogen and oxygen atoms in total. The van der Waals surface area contributed by atoms with Gasteiger partial charge in [0.2, 0.25) is 0 Å². The lowest BCUT2D eigenvalue weighted by Crippen LogP contribution is -2.36. The lowest BCUT2D eigenvalue weighted by Gasteiger charge is -2.39. The molecule has 26 heavy (non-hydrogen) atoms. The van der Waals surface area contributed by atoms with Gasteiger partial charge in [-0.1, -0.05) is 72.3 Å². The molecule has 0 aliphatic carbocycles. The van der Waals surface area contributed by atoms with E-state index in [9.17, 15) is 4.79 Å². The number of ketones is 1. The highest BCUT2D eigenvalue weighted by Gasteiger charge is 2.29. The number of aryl methyl sites for hydroxylation is 1. The third-order valence-corrected chi connectivity index (χ3v) is 5.25. The Kier molecular flexibility index (Phi) is 4.57. The molecule has 0 saturated carbocycles. The zero-order valence-electron chi connectivity index (χ0n) is 15.1. The van der Waals surface area contributed by atoms with Crippen LogP contribution in [0.25, 0.3) is 0 Å². The van der Waals surface area contributed by atoms with Gasteiger partial charge in [0.25, 0.3) is 0 Å². The van der Waals surface area contributed by atoms with Crippen LogP contribution in [0.15, 0.2) is 78.9 Å². The van der Waals surface area contributed by atoms with E-state index in [1.807, 2.05) is 37.3 Å². The molecule has 4 rings (SSSR count). The molecule has 3 aromatic rings. The number of hydrogen-bond acceptors (Lipinski definition) is 2. The Morgan fingerprint density at radius 3 is 2.38 bits per heavy atom. The van der Waals surface area contributed by atoms with Crippen LogP contribution in [0.5, 0.6) is 0 Å². The van der Waals surface area contributed by atoms with E-state index in [0.717, 1.165) is 18.5 Å². The summed E-state index contributed by atoms with van der Waals surface area (Å²) >= 11 is 0. The van der Waals surface area contributed by atoms with E-state index in [1.165, 1.54) is 22.4 Å². The summed E-state index contributed by atoms with van der Waals surface area (Å²) in [5, 5.41) is 0. The van der Waals surface area contributed by atoms with Crippen molar-refractivity contribution in [2.75, 3.05) is 11.4 Å². The summed E-state index contributed by atoms with van der Waals surface area (Å²) in [7, 11) is 0. The van der Waals surface area contributed by atoms with E-state index in [1.54, 1.807) is 0 Å². The fourth-order valence-electron chi connectivity index (χ4n) is 3.83. The molecule has 0 N–H and O–H groups in total. The van der Waals surface area contributed by atoms with E-state index < -0.39 is 0 Å². The van der Waals surface area contributed by atoms with Crippen molar-refractivity contribution >= 4 is 11.5 Å². The first-order valence-electron chi connectivity index (χ1n) is 9.22. The minimum atomic E-state index is 0.0798. The molecule has 0 amide bonds. The maximum Gasteiger partial charge on any atom is 0.165 e. The summed E-state index contributed by atoms with van der Waals surface area (Å²) in [4.78, 5) is 15.4. The molecule has 0 fully saturated rings. The lowest BCUT2D eigenvalue weighted by molar-refractivity contribution is 0.0972. The van der Waals surface area contributed by atoms with Crippen LogP contribution >= 0.6 is 0 Å². The predicted molar refractivity (Wildman–Crippen MR) is 107 cm³/mol. The quantitative estimate of drug-likeness (QED) is 0.594. The number of carbonyl (C=O) groups excluding carboxylic acids is 1. The fourth-order valence-corrected chi connectivity index (χ4v) is 3.83. The third-order valence-electron chi connectivity index (χ3n) is 5.25. The van der Waals surface area contributed by atoms with Crippen LogP contribution in [0, 0.1) is 6.92 Å². The molecule has 130 valence electrons. The van der Waals surface area contributed by atoms with E-state index >= 15 is 0 Å². The smallest absolute Gasteiger partial charge is 0.165 e. The zero-order chi connectivity index (χ0) is 17.9. The molecule has 2 heteroatoms. The average Bonchev–Trinajstić information content (AvgIpc) is 2.69. The van der Waals surface area contributed by atoms with Gasteiger partial charge in [0.1, 0.15) is 0 Å². The number of carbonyl (C=O) groups is 1. The summed E-state index contributed by atoms with van der Waals surface area (Å²) in [6.45, 7) is 2.98. The van der Waals surface area contributed by atoms with Gasteiger partial charge in [0, 0.05) is 24.2 Å². The Morgan fingerprint density at radius 2 is 1.62 bits per heavy atom. The van der Waals surface area contributed by atoms with Crippen LogP contribution < -0.4 is 4.90 Å². The van der Waals surface area contributed by atoms with Gasteiger partial charge >= 0.3 is 0 Å². The Balaban J connectivity index is 1.68. The number of fused-ring (bicyclic) bond motifs is 1. The molecule has 1 aliphatic rings. The van der Waals surface area contributed by atoms with E-state index in [-0.39, 0.29) is 11.8 Å². The Hall–Kier alpha value is -2.87. The Labute approximate surface area is 155 Å². The molecule has 1 atom stereocenters. The van der Waals surface area contributed by atoms with Crippen LogP contribution in [0.4, 0.5) is 5.69 Å². The number of Topliss-reactive ketones (excluding diaryl/α,β-unsaturated/α-hetero) is 1. The van der Waals surface area contributed by atoms with Crippen molar-refractivity contribution in [3.8, 4) is 0 Å². The molecule has 1 heterocycles. The molecule has 1 aliphatic heterocycles. The summed E-state index contributed by atoms with van der Waals surface area (Å²) in [5.41, 5.74) is 5.80. The summed E-state index contributed by atoms with van der Waals surface area (Å²) in [6.07, 6.45) is 1.51. The Bertz CT molecular complexity index is 899. The third kappa shape index (κ3) is 3.28. The lowest BCUT2D eigenvalue weighted by atomic mass is 9.88. The average molecular weight is 341 g/mol. The highest BCUT2D eigenvalue weighted by molar-refractivity contribution is 5.96. The number of anilines is 1. The molecule has 1 unspecified atom stereocenters. The largest absolute Gasteiger partial charge is 0.364 e. The van der Waals surface area contributed by atoms with Gasteiger partial charge in [-0.25, -0.2) is 0 Å². The topological polar surface area (TPSA) is 20.3 Å². The van der Waals surface area contributed by atoms with Crippen LogP contribution in [-0.2, 0) is 6.42 Å². The van der Waals surface area contributed by atoms with Crippen molar-refractivity contribution in [1.29, 1.82) is 0 Å². The predicted octanol–water partition coefficient (Wildman–Crippen LogP) is 5.37. The number of benzene rings is 3. The van der Waals surface area contributed by atoms with Crippen LogP contribution in [0.1, 0.15) is 39.5 Å². The van der Waals surface area contributed by atoms with E-state index in [0.29, 0.717) is 6.42 Å². The number of nitrogens with zero attached hydrogens (tertiary/aromatic N) is 1. The SMILES string of the molecule is Cc1ccc(C(=O)CC2c3ccccc3CCN2c2ccccc2)cc1. The van der Waals surface area contributed by atoms with Gasteiger partial charge in [-0.05, 0) is 36.6 Å². The van der Waals surface area contributed by atoms with Crippen LogP contribution in [0.3, 0.4) is 0 Å². The minimum absolute atomic E-state index is 0.0798. The standard InChI is InChI=1S/C24H23NO/c1-18-11-13-20(14-12-18)24(26)17-23-22-10-6-5-7-19(22)15-16-25(23)21-8-3-2-4-9-21/h2-14,23H,15-17H2,1H3. The number of para-hydroxylation sites is 1. The van der Waals surface area contributed by atoms with Gasteiger partial charge in [-0.15, -0.1) is 0 Å². The molecular weight excluding hydrogens is 318 g/mol. The molecule has 0 bridgehead atoms. The molecule has 0 saturated heterocycles. The first-order valence-corrected chi connectivity index (χ1v) is 9.22. The summed E-state index contributed by atoms with van der Waals surface area (Å²) in [6, 6.07) is 27.0. The monoisotopic (exact) mass is 341 g/mol. The van der Waals surface area contributed by atoms with E-state index in [4.69, 9.17) is 0 Å². The van der Waals surface area contributed by atoms with Crippen molar-refractivity contribution in [2.45, 2.75) is 25.8 Å². The van der Waals surface area contributed by atoms with Gasteiger partial charge < -0.3 is 4.90 Å². The van der Waals surface area contributed by atoms with Crippen molar-refractivity contribution < 1.29 is 4.79 Å². The van der Waals surface area contributed by atoms with Crippen LogP contribution in [-0.4, -0.2) is 12.3 Å². The first kappa shape index (κ1) is 16.6. The maximum absolute atomic E-state index is 13.0. The molecular formula is C24H23NO. The van der Waals surface area contributed by atoms with E-state index in [2.05, 4.69) is 53.4 Å². The van der Waals surface area contributed by atoms with Crippen molar-refractivity contribution in [2.24, 2.45) is 0 Å². The van der Waals surface area contributed by atoms with Crippen molar-refractivity contribution in [3.05, 3.63) is 101 Å². The zero-order valence-corrected chi connectivity index (χ0v) is 15.1. The molecule has 0 spiro atoms. The summed E-state index contributed by atoms with van der Waals surface area (Å²) in [5.74, 6) is 0.202. The second kappa shape index (κ2) is 7.17. The maximum atomic E-state index is 13.0. The second-order valence-corrected chi connectivity index (χ2v) is 6.99. The molecule has 0 radical (unpaired) electrons. The fraction of sp³-hybridized carbons (Fsp3) is 0.208.